The number of rotatable bonds is 4. The number of hydrogen-bond acceptors (Lipinski definition) is 5. The van der Waals surface area contributed by atoms with Crippen LogP contribution in [0.25, 0.3) is 5.57 Å². The summed E-state index contributed by atoms with van der Waals surface area (Å²) < 4.78 is 52.8. The van der Waals surface area contributed by atoms with Crippen LogP contribution in [0.1, 0.15) is 30.4 Å². The molecule has 11 heteroatoms. The summed E-state index contributed by atoms with van der Waals surface area (Å²) in [5.74, 6) is 0.0497. The Bertz CT molecular complexity index is 1130. The zero-order chi connectivity index (χ0) is 24.7. The summed E-state index contributed by atoms with van der Waals surface area (Å²) >= 11 is 5.73. The second kappa shape index (κ2) is 9.39. The van der Waals surface area contributed by atoms with E-state index in [0.29, 0.717) is 44.1 Å². The predicted octanol–water partition coefficient (Wildman–Crippen LogP) is 4.26. The van der Waals surface area contributed by atoms with Crippen LogP contribution in [-0.2, 0) is 11.0 Å². The largest absolute Gasteiger partial charge is 0.417 e. The number of amides is 1. The number of nitrogens with zero attached hydrogens (tertiary/aromatic N) is 5. The number of alkyl halides is 3. The maximum atomic E-state index is 13.2. The highest BCUT2D eigenvalue weighted by Gasteiger charge is 2.42. The number of aromatic nitrogens is 2. The average Bonchev–Trinajstić information content (AvgIpc) is 3.09. The molecular weight excluding hydrogens is 486 g/mol. The summed E-state index contributed by atoms with van der Waals surface area (Å²) in [6.45, 7) is 2.48. The van der Waals surface area contributed by atoms with Crippen molar-refractivity contribution in [1.29, 1.82) is 0 Å². The predicted molar refractivity (Wildman–Crippen MR) is 123 cm³/mol. The Labute approximate surface area is 205 Å². The van der Waals surface area contributed by atoms with E-state index in [0.717, 1.165) is 24.5 Å². The van der Waals surface area contributed by atoms with E-state index in [1.165, 1.54) is 18.5 Å². The second-order valence-electron chi connectivity index (χ2n) is 9.20. The number of hydrogen-bond donors (Lipinski definition) is 0. The summed E-state index contributed by atoms with van der Waals surface area (Å²) in [7, 11) is 0. The van der Waals surface area contributed by atoms with Crippen molar-refractivity contribution in [3.05, 3.63) is 58.6 Å². The van der Waals surface area contributed by atoms with E-state index < -0.39 is 17.6 Å². The van der Waals surface area contributed by atoms with Gasteiger partial charge in [-0.25, -0.2) is 14.4 Å². The highest BCUT2D eigenvalue weighted by molar-refractivity contribution is 6.31. The van der Waals surface area contributed by atoms with E-state index in [2.05, 4.69) is 19.8 Å². The molecule has 3 aliphatic heterocycles. The lowest BCUT2D eigenvalue weighted by Gasteiger charge is -2.41. The monoisotopic (exact) mass is 509 g/mol. The molecule has 1 aromatic heterocycles. The Morgan fingerprint density at radius 2 is 1.80 bits per heavy atom. The van der Waals surface area contributed by atoms with E-state index in [1.54, 1.807) is 11.0 Å². The molecule has 0 spiro atoms. The third-order valence-electron chi connectivity index (χ3n) is 6.96. The summed E-state index contributed by atoms with van der Waals surface area (Å²) in [4.78, 5) is 27.2. The van der Waals surface area contributed by atoms with Crippen molar-refractivity contribution in [3.63, 3.8) is 0 Å². The first-order valence-corrected chi connectivity index (χ1v) is 11.9. The topological polar surface area (TPSA) is 52.6 Å². The molecule has 0 N–H and O–H groups in total. The van der Waals surface area contributed by atoms with Crippen molar-refractivity contribution < 1.29 is 22.4 Å². The quantitative estimate of drug-likeness (QED) is 0.577. The summed E-state index contributed by atoms with van der Waals surface area (Å²) in [6, 6.07) is 4.27. The lowest BCUT2D eigenvalue weighted by Crippen LogP contribution is -2.56. The van der Waals surface area contributed by atoms with Crippen LogP contribution in [0.4, 0.5) is 23.5 Å². The van der Waals surface area contributed by atoms with Gasteiger partial charge in [0, 0.05) is 38.3 Å². The van der Waals surface area contributed by atoms with Crippen LogP contribution in [0, 0.1) is 5.82 Å². The first-order chi connectivity index (χ1) is 16.7. The zero-order valence-corrected chi connectivity index (χ0v) is 19.6. The Kier molecular flexibility index (Phi) is 6.43. The zero-order valence-electron chi connectivity index (χ0n) is 18.8. The number of likely N-dealkylation sites (tertiary alicyclic amines) is 1. The minimum Gasteiger partial charge on any atom is -0.338 e. The smallest absolute Gasteiger partial charge is 0.338 e. The van der Waals surface area contributed by atoms with Gasteiger partial charge in [-0.15, -0.1) is 0 Å². The van der Waals surface area contributed by atoms with Crippen molar-refractivity contribution in [2.75, 3.05) is 37.6 Å². The van der Waals surface area contributed by atoms with Crippen LogP contribution < -0.4 is 4.90 Å². The molecular formula is C24H24ClF4N5O. The maximum Gasteiger partial charge on any atom is 0.417 e. The van der Waals surface area contributed by atoms with Crippen molar-refractivity contribution in [2.24, 2.45) is 0 Å². The van der Waals surface area contributed by atoms with Crippen molar-refractivity contribution in [2.45, 2.75) is 37.5 Å². The van der Waals surface area contributed by atoms with Crippen LogP contribution in [0.3, 0.4) is 0 Å². The highest BCUT2D eigenvalue weighted by Crippen LogP contribution is 2.37. The fraction of sp³-hybridized carbons (Fsp3) is 0.458. The Morgan fingerprint density at radius 3 is 2.40 bits per heavy atom. The van der Waals surface area contributed by atoms with Gasteiger partial charge in [0.1, 0.15) is 0 Å². The van der Waals surface area contributed by atoms with E-state index in [9.17, 15) is 22.4 Å². The summed E-state index contributed by atoms with van der Waals surface area (Å²) in [6.07, 6.45) is 2.05. The van der Waals surface area contributed by atoms with Gasteiger partial charge in [-0.1, -0.05) is 23.7 Å². The summed E-state index contributed by atoms with van der Waals surface area (Å²) in [5, 5.41) is -0.325. The van der Waals surface area contributed by atoms with Crippen LogP contribution in [0.5, 0.6) is 0 Å². The second-order valence-corrected chi connectivity index (χ2v) is 9.61. The lowest BCUT2D eigenvalue weighted by atomic mass is 9.97. The Hall–Kier alpha value is -2.72. The molecule has 0 unspecified atom stereocenters. The molecule has 0 radical (unpaired) electrons. The third-order valence-corrected chi connectivity index (χ3v) is 7.29. The molecule has 2 bridgehead atoms. The molecule has 1 amide bonds. The first kappa shape index (κ1) is 24.0. The van der Waals surface area contributed by atoms with Crippen molar-refractivity contribution in [3.8, 4) is 0 Å². The van der Waals surface area contributed by atoms with Gasteiger partial charge in [0.25, 0.3) is 0 Å². The molecule has 2 aromatic rings. The van der Waals surface area contributed by atoms with Gasteiger partial charge in [0.05, 0.1) is 29.5 Å². The molecule has 0 aliphatic carbocycles. The number of carbonyl (C=O) groups is 1. The van der Waals surface area contributed by atoms with Gasteiger partial charge >= 0.3 is 6.18 Å². The standard InChI is InChI=1S/C24H24ClF4N5O/c25-21-4-1-16(9-20(21)24(27,28)29)15-5-7-33(8-6-15)22(35)14-32-12-18-2-3-19(13-32)34(18)23-30-10-17(26)11-31-23/h1,4-5,9-11,18-19H,2-3,6-8,12-14H2/t18-,19+. The molecule has 2 atom stereocenters. The molecule has 5 rings (SSSR count). The van der Waals surface area contributed by atoms with Gasteiger partial charge in [-0.2, -0.15) is 13.2 Å². The number of piperazine rings is 1. The highest BCUT2D eigenvalue weighted by atomic mass is 35.5. The van der Waals surface area contributed by atoms with Crippen LogP contribution in [0.15, 0.2) is 36.7 Å². The van der Waals surface area contributed by atoms with Crippen molar-refractivity contribution >= 4 is 29.0 Å². The maximum absolute atomic E-state index is 13.2. The molecule has 3 aliphatic rings. The van der Waals surface area contributed by atoms with Gasteiger partial charge in [-0.05, 0) is 42.5 Å². The minimum atomic E-state index is -4.52. The Morgan fingerprint density at radius 1 is 1.11 bits per heavy atom. The normalized spacial score (nSPS) is 22.9. The number of fused-ring (bicyclic) bond motifs is 2. The third kappa shape index (κ3) is 4.99. The molecule has 0 saturated carbocycles. The van der Waals surface area contributed by atoms with Gasteiger partial charge < -0.3 is 9.80 Å². The fourth-order valence-electron chi connectivity index (χ4n) is 5.28. The van der Waals surface area contributed by atoms with E-state index >= 15 is 0 Å². The minimum absolute atomic E-state index is 0.00160. The van der Waals surface area contributed by atoms with Gasteiger partial charge in [0.2, 0.25) is 11.9 Å². The van der Waals surface area contributed by atoms with Crippen LogP contribution in [-0.4, -0.2) is 70.5 Å². The van der Waals surface area contributed by atoms with E-state index in [-0.39, 0.29) is 29.6 Å². The van der Waals surface area contributed by atoms with Gasteiger partial charge in [-0.3, -0.25) is 9.69 Å². The molecule has 1 aromatic carbocycles. The Balaban J connectivity index is 1.19. The fourth-order valence-corrected chi connectivity index (χ4v) is 5.50. The SMILES string of the molecule is O=C(CN1C[C@H]2CC[C@@H](C1)N2c1ncc(F)cn1)N1CC=C(c2ccc(Cl)c(C(F)(F)F)c2)CC1. The molecule has 6 nitrogen and oxygen atoms in total. The lowest BCUT2D eigenvalue weighted by molar-refractivity contribution is -0.137. The van der Waals surface area contributed by atoms with Crippen molar-refractivity contribution in [1.82, 2.24) is 19.8 Å². The molecule has 2 saturated heterocycles. The van der Waals surface area contributed by atoms with Crippen LogP contribution in [0.2, 0.25) is 5.02 Å². The van der Waals surface area contributed by atoms with E-state index in [4.69, 9.17) is 11.6 Å². The molecule has 186 valence electrons. The molecule has 4 heterocycles. The number of carbonyl (C=O) groups excluding carboxylic acids is 1. The number of halogens is 5. The first-order valence-electron chi connectivity index (χ1n) is 11.5. The average molecular weight is 510 g/mol. The number of anilines is 1. The number of benzene rings is 1. The van der Waals surface area contributed by atoms with Gasteiger partial charge in [0.15, 0.2) is 5.82 Å². The summed E-state index contributed by atoms with van der Waals surface area (Å²) in [5.41, 5.74) is 0.405. The van der Waals surface area contributed by atoms with E-state index in [1.807, 2.05) is 6.08 Å². The molecule has 2 fully saturated rings. The molecule has 35 heavy (non-hydrogen) atoms. The van der Waals surface area contributed by atoms with Crippen LogP contribution >= 0.6 is 11.6 Å².